The van der Waals surface area contributed by atoms with Crippen molar-refractivity contribution in [2.45, 2.75) is 165 Å². The van der Waals surface area contributed by atoms with Gasteiger partial charge in [-0.05, 0) is 87.7 Å². The maximum Gasteiger partial charge on any atom is 0.407 e. The van der Waals surface area contributed by atoms with Crippen molar-refractivity contribution in [3.8, 4) is 0 Å². The number of nitrogens with one attached hydrogen (secondary N) is 2. The van der Waals surface area contributed by atoms with E-state index in [-0.39, 0.29) is 56.1 Å². The summed E-state index contributed by atoms with van der Waals surface area (Å²) in [6, 6.07) is 50.7. The minimum Gasteiger partial charge on any atom is -0.453 e. The molecule has 0 bridgehead atoms. The largest absolute Gasteiger partial charge is 0.453 e. The highest BCUT2D eigenvalue weighted by Crippen LogP contribution is 2.39. The van der Waals surface area contributed by atoms with E-state index >= 15 is 0 Å². The van der Waals surface area contributed by atoms with Gasteiger partial charge in [0.2, 0.25) is 5.91 Å². The van der Waals surface area contributed by atoms with E-state index in [1.54, 1.807) is 87.5 Å². The average Bonchev–Trinajstić information content (AvgIpc) is 0.834. The second-order valence-corrected chi connectivity index (χ2v) is 23.1. The quantitative estimate of drug-likeness (QED) is 0.0261. The Bertz CT molecular complexity index is 3310. The Morgan fingerprint density at radius 2 is 0.815 bits per heavy atom. The van der Waals surface area contributed by atoms with E-state index in [4.69, 9.17) is 61.6 Å². The summed E-state index contributed by atoms with van der Waals surface area (Å²) in [7, 11) is 0. The molecule has 0 unspecified atom stereocenters. The molecule has 3 aliphatic rings. The molecule has 3 N–H and O–H groups in total. The van der Waals surface area contributed by atoms with Gasteiger partial charge >= 0.3 is 30.0 Å². The van der Waals surface area contributed by atoms with E-state index < -0.39 is 134 Å². The summed E-state index contributed by atoms with van der Waals surface area (Å²) < 4.78 is 85.2. The molecule has 3 fully saturated rings. The van der Waals surface area contributed by atoms with Crippen molar-refractivity contribution in [1.29, 1.82) is 0 Å². The molecular weight excluding hydrogens is 1190 g/mol. The standard InChI is InChI=1S/C70H78N2O20/c1-43-54(72-53(74)39-70(5,6)79)57(88-63(75)50-31-19-10-20-32-50)60(87-46(4)73)67(84-43)92-59-56(82-41-48-27-15-8-16-28-48)45(3)86-68(62(59)90-65(77)52-35-23-12-24-36-52)91-58-55(81-40-47-25-13-7-14-26-47)44(2)85-66(61(58)89-64(76)51-33-21-11-22-34-51)80-38-37-71-69(78)83-42-49-29-17-9-18-30-49/h7-36,43-45,54-62,66-68,79H,37-42H2,1-6H3,(H,71,78)(H,72,74)/t43-,44+,45+,54-,55+,56+,57+,58-,59-,60-,61-,62-,66-,67+,68+/m1/s1. The number of benzene rings is 6. The van der Waals surface area contributed by atoms with Crippen LogP contribution in [0.4, 0.5) is 4.79 Å². The van der Waals surface area contributed by atoms with Gasteiger partial charge in [-0.1, -0.05) is 146 Å². The molecule has 22 nitrogen and oxygen atoms in total. The Kier molecular flexibility index (Phi) is 24.2. The fourth-order valence-electron chi connectivity index (χ4n) is 10.8. The predicted octanol–water partition coefficient (Wildman–Crippen LogP) is 8.36. The Balaban J connectivity index is 1.12. The topological polar surface area (TPSA) is 267 Å². The first-order valence-electron chi connectivity index (χ1n) is 30.5. The lowest BCUT2D eigenvalue weighted by molar-refractivity contribution is -0.376. The number of esters is 4. The van der Waals surface area contributed by atoms with Crippen LogP contribution in [0.1, 0.15) is 95.7 Å². The molecule has 9 rings (SSSR count). The maximum atomic E-state index is 14.9. The van der Waals surface area contributed by atoms with Crippen molar-refractivity contribution in [3.63, 3.8) is 0 Å². The zero-order chi connectivity index (χ0) is 65.2. The van der Waals surface area contributed by atoms with Gasteiger partial charge < -0.3 is 77.3 Å². The summed E-state index contributed by atoms with van der Waals surface area (Å²) in [5.41, 5.74) is 1.20. The molecule has 15 atom stereocenters. The number of amides is 2. The Morgan fingerprint density at radius 3 is 1.24 bits per heavy atom. The van der Waals surface area contributed by atoms with Crippen molar-refractivity contribution in [2.75, 3.05) is 13.2 Å². The zero-order valence-electron chi connectivity index (χ0n) is 51.9. The molecule has 92 heavy (non-hydrogen) atoms. The van der Waals surface area contributed by atoms with Gasteiger partial charge in [-0.2, -0.15) is 0 Å². The number of rotatable bonds is 26. The van der Waals surface area contributed by atoms with Gasteiger partial charge in [0.15, 0.2) is 43.3 Å². The van der Waals surface area contributed by atoms with Gasteiger partial charge in [0.05, 0.1) is 72.9 Å². The summed E-state index contributed by atoms with van der Waals surface area (Å²) in [5.74, 6) is -4.05. The second kappa shape index (κ2) is 32.7. The van der Waals surface area contributed by atoms with Crippen LogP contribution in [0.15, 0.2) is 182 Å². The number of hydrogen-bond donors (Lipinski definition) is 3. The van der Waals surface area contributed by atoms with Gasteiger partial charge in [0.1, 0.15) is 31.0 Å². The predicted molar refractivity (Wildman–Crippen MR) is 329 cm³/mol. The van der Waals surface area contributed by atoms with Crippen LogP contribution in [-0.2, 0) is 91.0 Å². The smallest absolute Gasteiger partial charge is 0.407 e. The second-order valence-electron chi connectivity index (χ2n) is 23.1. The molecule has 0 spiro atoms. The maximum absolute atomic E-state index is 14.9. The van der Waals surface area contributed by atoms with Crippen LogP contribution < -0.4 is 10.6 Å². The molecule has 3 aliphatic heterocycles. The summed E-state index contributed by atoms with van der Waals surface area (Å²) in [4.78, 5) is 83.7. The molecule has 0 radical (unpaired) electrons. The van der Waals surface area contributed by atoms with Crippen LogP contribution in [0.5, 0.6) is 0 Å². The summed E-state index contributed by atoms with van der Waals surface area (Å²) in [5, 5.41) is 16.2. The third-order valence-corrected chi connectivity index (χ3v) is 15.3. The van der Waals surface area contributed by atoms with Crippen molar-refractivity contribution >= 4 is 35.9 Å². The fourth-order valence-corrected chi connectivity index (χ4v) is 10.8. The lowest BCUT2D eigenvalue weighted by Crippen LogP contribution is -2.69. The van der Waals surface area contributed by atoms with Gasteiger partial charge in [0.25, 0.3) is 0 Å². The molecule has 488 valence electrons. The number of ether oxygens (including phenoxy) is 13. The number of carbonyl (C=O) groups excluding carboxylic acids is 6. The Hall–Kier alpha value is -8.42. The highest BCUT2D eigenvalue weighted by molar-refractivity contribution is 5.90. The Labute approximate surface area is 533 Å². The number of hydrogen-bond acceptors (Lipinski definition) is 20. The first kappa shape index (κ1) is 68.0. The van der Waals surface area contributed by atoms with Crippen LogP contribution in [-0.4, -0.2) is 152 Å². The van der Waals surface area contributed by atoms with Crippen LogP contribution >= 0.6 is 0 Å². The van der Waals surface area contributed by atoms with E-state index in [2.05, 4.69) is 10.6 Å². The Morgan fingerprint density at radius 1 is 0.446 bits per heavy atom. The normalized spacial score (nSPS) is 26.3. The minimum atomic E-state index is -1.73. The highest BCUT2D eigenvalue weighted by atomic mass is 16.8. The van der Waals surface area contributed by atoms with Crippen LogP contribution in [0.25, 0.3) is 0 Å². The van der Waals surface area contributed by atoms with Crippen molar-refractivity contribution < 1.29 is 95.5 Å². The summed E-state index contributed by atoms with van der Waals surface area (Å²) in [6.07, 6.45) is -20.9. The fraction of sp³-hybridized carbons (Fsp3) is 0.400. The van der Waals surface area contributed by atoms with E-state index in [0.717, 1.165) is 23.6 Å². The SMILES string of the molecule is CC(=O)O[C@H]1[C@H](O[C@@H]2[C@@H](OCc3ccccc3)[C@H](C)O[C@@H](O[C@@H]3[C@@H](OCc4ccccc4)[C@H](C)O[C@@H](OCCNC(=O)OCc4ccccc4)[C@@H]3OC(=O)c3ccccc3)[C@@H]2OC(=O)c2ccccc2)O[C@H](C)[C@@H](NC(=O)CC(C)(C)O)[C@@H]1OC(=O)c1ccccc1. The molecule has 3 heterocycles. The number of alkyl carbamates (subject to hydrolysis) is 1. The van der Waals surface area contributed by atoms with Crippen LogP contribution in [0.2, 0.25) is 0 Å². The van der Waals surface area contributed by atoms with Gasteiger partial charge in [-0.3, -0.25) is 9.59 Å². The lowest BCUT2D eigenvalue weighted by Gasteiger charge is -2.50. The molecule has 0 aliphatic carbocycles. The van der Waals surface area contributed by atoms with Gasteiger partial charge in [-0.25, -0.2) is 19.2 Å². The van der Waals surface area contributed by atoms with Gasteiger partial charge in [0, 0.05) is 13.5 Å². The molecule has 0 saturated carbocycles. The average molecular weight is 1270 g/mol. The van der Waals surface area contributed by atoms with E-state index in [9.17, 15) is 33.9 Å². The highest BCUT2D eigenvalue weighted by Gasteiger charge is 2.58. The van der Waals surface area contributed by atoms with E-state index in [1.165, 1.54) is 38.1 Å². The molecular formula is C70H78N2O20. The molecule has 3 saturated heterocycles. The van der Waals surface area contributed by atoms with Crippen molar-refractivity contribution in [3.05, 3.63) is 215 Å². The third-order valence-electron chi connectivity index (χ3n) is 15.3. The van der Waals surface area contributed by atoms with E-state index in [1.807, 2.05) is 91.0 Å². The van der Waals surface area contributed by atoms with Crippen molar-refractivity contribution in [2.24, 2.45) is 0 Å². The van der Waals surface area contributed by atoms with Crippen molar-refractivity contribution in [1.82, 2.24) is 10.6 Å². The van der Waals surface area contributed by atoms with E-state index in [0.29, 0.717) is 0 Å². The molecule has 6 aromatic carbocycles. The summed E-state index contributed by atoms with van der Waals surface area (Å²) >= 11 is 0. The molecule has 0 aromatic heterocycles. The van der Waals surface area contributed by atoms with Crippen LogP contribution in [0, 0.1) is 0 Å². The first-order valence-corrected chi connectivity index (χ1v) is 30.5. The third kappa shape index (κ3) is 19.1. The molecule has 22 heteroatoms. The minimum absolute atomic E-state index is 0.00159. The number of aliphatic hydroxyl groups is 1. The van der Waals surface area contributed by atoms with Crippen LogP contribution in [0.3, 0.4) is 0 Å². The molecule has 6 aromatic rings. The first-order chi connectivity index (χ1) is 44.4. The zero-order valence-corrected chi connectivity index (χ0v) is 51.9. The van der Waals surface area contributed by atoms with Gasteiger partial charge in [-0.15, -0.1) is 0 Å². The number of carbonyl (C=O) groups is 6. The monoisotopic (exact) mass is 1270 g/mol. The lowest BCUT2D eigenvalue weighted by atomic mass is 9.94. The summed E-state index contributed by atoms with van der Waals surface area (Å²) in [6.45, 7) is 8.70. The molecule has 2 amide bonds.